The van der Waals surface area contributed by atoms with E-state index in [9.17, 15) is 4.79 Å². The SMILES string of the molecule is Cc1cc(C)cc(-n2c3nc4ccccc4nc3c3c(=O)n(C4CCCC4)c(C)nc32)c1. The van der Waals surface area contributed by atoms with E-state index in [1.54, 1.807) is 0 Å². The highest BCUT2D eigenvalue weighted by Crippen LogP contribution is 2.33. The zero-order chi connectivity index (χ0) is 22.0. The number of para-hydroxylation sites is 2. The summed E-state index contributed by atoms with van der Waals surface area (Å²) in [7, 11) is 0. The quantitative estimate of drug-likeness (QED) is 0.385. The molecule has 0 unspecified atom stereocenters. The van der Waals surface area contributed by atoms with Crippen LogP contribution in [0, 0.1) is 20.8 Å². The smallest absolute Gasteiger partial charge is 0.265 e. The van der Waals surface area contributed by atoms with Crippen LogP contribution in [0.5, 0.6) is 0 Å². The Kier molecular flexibility index (Phi) is 4.18. The topological polar surface area (TPSA) is 65.6 Å². The van der Waals surface area contributed by atoms with Crippen LogP contribution in [0.4, 0.5) is 0 Å². The van der Waals surface area contributed by atoms with Crippen LogP contribution in [0.3, 0.4) is 0 Å². The molecular weight excluding hydrogens is 398 g/mol. The predicted molar refractivity (Wildman–Crippen MR) is 128 cm³/mol. The summed E-state index contributed by atoms with van der Waals surface area (Å²) in [6.07, 6.45) is 4.36. The Bertz CT molecular complexity index is 1570. The van der Waals surface area contributed by atoms with Crippen LogP contribution in [0.25, 0.3) is 38.9 Å². The number of hydrogen-bond acceptors (Lipinski definition) is 4. The van der Waals surface area contributed by atoms with Gasteiger partial charge in [0.2, 0.25) is 0 Å². The van der Waals surface area contributed by atoms with Gasteiger partial charge in [0.25, 0.3) is 5.56 Å². The number of fused-ring (bicyclic) bond motifs is 4. The zero-order valence-corrected chi connectivity index (χ0v) is 18.6. The van der Waals surface area contributed by atoms with Gasteiger partial charge in [-0.3, -0.25) is 13.9 Å². The lowest BCUT2D eigenvalue weighted by Crippen LogP contribution is -2.27. The number of rotatable bonds is 2. The van der Waals surface area contributed by atoms with Crippen LogP contribution in [-0.4, -0.2) is 24.1 Å². The van der Waals surface area contributed by atoms with Gasteiger partial charge in [-0.1, -0.05) is 31.0 Å². The van der Waals surface area contributed by atoms with Crippen LogP contribution < -0.4 is 5.56 Å². The molecule has 6 rings (SSSR count). The molecule has 32 heavy (non-hydrogen) atoms. The molecule has 0 N–H and O–H groups in total. The van der Waals surface area contributed by atoms with Crippen molar-refractivity contribution >= 4 is 33.2 Å². The van der Waals surface area contributed by atoms with Crippen LogP contribution in [-0.2, 0) is 0 Å². The first-order valence-corrected chi connectivity index (χ1v) is 11.3. The standard InChI is InChI=1S/C26H25N5O/c1-15-12-16(2)14-19(13-15)31-24-22(23-25(31)29-21-11-7-6-10-20(21)28-23)26(32)30(17(3)27-24)18-8-4-5-9-18/h6-7,10-14,18H,4-5,8-9H2,1-3H3. The summed E-state index contributed by atoms with van der Waals surface area (Å²) in [6, 6.07) is 14.4. The molecule has 0 radical (unpaired) electrons. The second kappa shape index (κ2) is 6.99. The molecule has 1 aliphatic rings. The van der Waals surface area contributed by atoms with Crippen molar-refractivity contribution in [3.05, 3.63) is 69.8 Å². The van der Waals surface area contributed by atoms with Gasteiger partial charge in [-0.15, -0.1) is 0 Å². The van der Waals surface area contributed by atoms with Crippen molar-refractivity contribution in [2.24, 2.45) is 0 Å². The van der Waals surface area contributed by atoms with E-state index in [4.69, 9.17) is 15.0 Å². The van der Waals surface area contributed by atoms with E-state index >= 15 is 0 Å². The van der Waals surface area contributed by atoms with Gasteiger partial charge in [0, 0.05) is 11.7 Å². The van der Waals surface area contributed by atoms with Crippen molar-refractivity contribution < 1.29 is 0 Å². The average Bonchev–Trinajstić information content (AvgIpc) is 3.37. The third-order valence-corrected chi connectivity index (χ3v) is 6.64. The van der Waals surface area contributed by atoms with Crippen molar-refractivity contribution in [3.8, 4) is 5.69 Å². The maximum absolute atomic E-state index is 13.9. The van der Waals surface area contributed by atoms with E-state index < -0.39 is 0 Å². The van der Waals surface area contributed by atoms with Crippen LogP contribution >= 0.6 is 0 Å². The molecule has 0 atom stereocenters. The summed E-state index contributed by atoms with van der Waals surface area (Å²) in [5.74, 6) is 0.757. The highest BCUT2D eigenvalue weighted by Gasteiger charge is 2.26. The molecular formula is C26H25N5O. The Morgan fingerprint density at radius 2 is 1.50 bits per heavy atom. The largest absolute Gasteiger partial charge is 0.293 e. The molecule has 5 aromatic rings. The summed E-state index contributed by atoms with van der Waals surface area (Å²) < 4.78 is 3.91. The first-order valence-electron chi connectivity index (χ1n) is 11.3. The molecule has 160 valence electrons. The zero-order valence-electron chi connectivity index (χ0n) is 18.6. The molecule has 0 amide bonds. The van der Waals surface area contributed by atoms with Gasteiger partial charge >= 0.3 is 0 Å². The lowest BCUT2D eigenvalue weighted by Gasteiger charge is -2.16. The molecule has 0 aliphatic heterocycles. The summed E-state index contributed by atoms with van der Waals surface area (Å²) >= 11 is 0. The third kappa shape index (κ3) is 2.79. The first kappa shape index (κ1) is 19.2. The minimum absolute atomic E-state index is 0.00268. The van der Waals surface area contributed by atoms with Crippen molar-refractivity contribution in [2.75, 3.05) is 0 Å². The first-order chi connectivity index (χ1) is 15.5. The van der Waals surface area contributed by atoms with E-state index in [0.29, 0.717) is 22.2 Å². The monoisotopic (exact) mass is 423 g/mol. The third-order valence-electron chi connectivity index (χ3n) is 6.64. The second-order valence-electron chi connectivity index (χ2n) is 9.04. The molecule has 6 heteroatoms. The molecule has 0 bridgehead atoms. The molecule has 6 nitrogen and oxygen atoms in total. The minimum Gasteiger partial charge on any atom is -0.293 e. The number of benzene rings is 2. The lowest BCUT2D eigenvalue weighted by molar-refractivity contribution is 0.485. The molecule has 3 aromatic heterocycles. The van der Waals surface area contributed by atoms with Crippen LogP contribution in [0.1, 0.15) is 48.7 Å². The molecule has 2 aromatic carbocycles. The summed E-state index contributed by atoms with van der Waals surface area (Å²) in [5.41, 5.74) is 6.79. The molecule has 1 aliphatic carbocycles. The predicted octanol–water partition coefficient (Wildman–Crippen LogP) is 5.32. The summed E-state index contributed by atoms with van der Waals surface area (Å²) in [4.78, 5) is 28.8. The Balaban J connectivity index is 1.81. The summed E-state index contributed by atoms with van der Waals surface area (Å²) in [5, 5.41) is 0.565. The highest BCUT2D eigenvalue weighted by molar-refractivity contribution is 6.05. The normalized spacial score (nSPS) is 14.8. The number of aryl methyl sites for hydroxylation is 3. The van der Waals surface area contributed by atoms with Gasteiger partial charge in [-0.05, 0) is 69.0 Å². The molecule has 1 fully saturated rings. The Morgan fingerprint density at radius 1 is 0.844 bits per heavy atom. The van der Waals surface area contributed by atoms with Crippen molar-refractivity contribution in [1.82, 2.24) is 24.1 Å². The van der Waals surface area contributed by atoms with E-state index in [1.807, 2.05) is 40.3 Å². The molecule has 1 saturated carbocycles. The van der Waals surface area contributed by atoms with Crippen molar-refractivity contribution in [3.63, 3.8) is 0 Å². The van der Waals surface area contributed by atoms with Crippen molar-refractivity contribution in [1.29, 1.82) is 0 Å². The highest BCUT2D eigenvalue weighted by atomic mass is 16.1. The number of nitrogens with zero attached hydrogens (tertiary/aromatic N) is 5. The average molecular weight is 424 g/mol. The van der Waals surface area contributed by atoms with E-state index in [-0.39, 0.29) is 11.6 Å². The van der Waals surface area contributed by atoms with Crippen LogP contribution in [0.2, 0.25) is 0 Å². The molecule has 3 heterocycles. The van der Waals surface area contributed by atoms with E-state index in [1.165, 1.54) is 0 Å². The Morgan fingerprint density at radius 3 is 2.19 bits per heavy atom. The Labute approximate surface area is 185 Å². The fourth-order valence-electron chi connectivity index (χ4n) is 5.33. The summed E-state index contributed by atoms with van der Waals surface area (Å²) in [6.45, 7) is 6.11. The van der Waals surface area contributed by atoms with Gasteiger partial charge in [0.05, 0.1) is 11.0 Å². The van der Waals surface area contributed by atoms with Gasteiger partial charge in [0.1, 0.15) is 16.7 Å². The molecule has 0 spiro atoms. The van der Waals surface area contributed by atoms with Crippen molar-refractivity contribution in [2.45, 2.75) is 52.5 Å². The maximum atomic E-state index is 13.9. The van der Waals surface area contributed by atoms with E-state index in [0.717, 1.165) is 59.4 Å². The minimum atomic E-state index is -0.00268. The lowest BCUT2D eigenvalue weighted by atomic mass is 10.1. The van der Waals surface area contributed by atoms with E-state index in [2.05, 4.69) is 32.0 Å². The number of aromatic nitrogens is 5. The van der Waals surface area contributed by atoms with Gasteiger partial charge in [0.15, 0.2) is 11.3 Å². The van der Waals surface area contributed by atoms with Gasteiger partial charge in [-0.2, -0.15) is 0 Å². The fraction of sp³-hybridized carbons (Fsp3) is 0.308. The van der Waals surface area contributed by atoms with Gasteiger partial charge < -0.3 is 0 Å². The second-order valence-corrected chi connectivity index (χ2v) is 9.04. The Hall–Kier alpha value is -3.54. The van der Waals surface area contributed by atoms with Crippen LogP contribution in [0.15, 0.2) is 47.3 Å². The maximum Gasteiger partial charge on any atom is 0.265 e. The van der Waals surface area contributed by atoms with Gasteiger partial charge in [-0.25, -0.2) is 15.0 Å². The molecule has 0 saturated heterocycles. The fourth-order valence-corrected chi connectivity index (χ4v) is 5.33. The number of hydrogen-bond donors (Lipinski definition) is 0.